The second-order valence-electron chi connectivity index (χ2n) is 14.2. The number of nitrogens with one attached hydrogen (secondary N) is 2. The van der Waals surface area contributed by atoms with Crippen LogP contribution in [0.15, 0.2) is 60.7 Å². The smallest absolute Gasteiger partial charge is 0.262 e. The maximum atomic E-state index is 11.4. The predicted molar refractivity (Wildman–Crippen MR) is 208 cm³/mol. The second-order valence-corrected chi connectivity index (χ2v) is 14.2. The van der Waals surface area contributed by atoms with Gasteiger partial charge in [-0.05, 0) is 94.2 Å². The van der Waals surface area contributed by atoms with Crippen LogP contribution in [-0.4, -0.2) is 105 Å². The van der Waals surface area contributed by atoms with Gasteiger partial charge in [0.15, 0.2) is 12.4 Å². The molecule has 10 nitrogen and oxygen atoms in total. The van der Waals surface area contributed by atoms with Gasteiger partial charge in [-0.3, -0.25) is 4.79 Å². The molecule has 0 aromatic heterocycles. The average molecular weight is 717 g/mol. The van der Waals surface area contributed by atoms with Gasteiger partial charge in [0.25, 0.3) is 5.91 Å². The maximum absolute atomic E-state index is 11.4. The molecule has 0 bridgehead atoms. The first-order valence-corrected chi connectivity index (χ1v) is 18.9. The van der Waals surface area contributed by atoms with Crippen LogP contribution in [0, 0.1) is 5.92 Å². The van der Waals surface area contributed by atoms with Gasteiger partial charge in [0.2, 0.25) is 0 Å². The lowest BCUT2D eigenvalue weighted by molar-refractivity contribution is -0.118. The summed E-state index contributed by atoms with van der Waals surface area (Å²) >= 11 is 0. The highest BCUT2D eigenvalue weighted by molar-refractivity contribution is 5.97. The van der Waals surface area contributed by atoms with Crippen LogP contribution in [0.2, 0.25) is 0 Å². The summed E-state index contributed by atoms with van der Waals surface area (Å²) in [5.41, 5.74) is 4.67. The Morgan fingerprint density at radius 1 is 1.00 bits per heavy atom. The van der Waals surface area contributed by atoms with E-state index in [9.17, 15) is 19.8 Å². The summed E-state index contributed by atoms with van der Waals surface area (Å²) in [6.07, 6.45) is 7.31. The molecule has 52 heavy (non-hydrogen) atoms. The molecule has 2 aliphatic heterocycles. The van der Waals surface area contributed by atoms with E-state index in [4.69, 9.17) is 9.47 Å². The Bertz CT molecular complexity index is 1540. The maximum Gasteiger partial charge on any atom is 0.262 e. The zero-order valence-electron chi connectivity index (χ0n) is 31.7. The van der Waals surface area contributed by atoms with Crippen LogP contribution < -0.4 is 15.4 Å². The van der Waals surface area contributed by atoms with Crippen molar-refractivity contribution in [1.29, 1.82) is 0 Å². The van der Waals surface area contributed by atoms with E-state index in [1.54, 1.807) is 6.07 Å². The van der Waals surface area contributed by atoms with Crippen LogP contribution >= 0.6 is 0 Å². The minimum absolute atomic E-state index is 0.00228. The van der Waals surface area contributed by atoms with Crippen molar-refractivity contribution in [3.8, 4) is 17.2 Å². The number of phenolic OH excluding ortho intramolecular Hbond substituents is 2. The van der Waals surface area contributed by atoms with Crippen molar-refractivity contribution in [2.45, 2.75) is 64.2 Å². The van der Waals surface area contributed by atoms with Crippen molar-refractivity contribution in [3.63, 3.8) is 0 Å². The molecule has 0 radical (unpaired) electrons. The molecule has 1 amide bonds. The molecule has 0 aliphatic carbocycles. The Labute approximate surface area is 310 Å². The quantitative estimate of drug-likeness (QED) is 0.0738. The lowest BCUT2D eigenvalue weighted by atomic mass is 9.67. The SMILES string of the molecule is CCC(CC)CN(C)CCNCCc1ccc(O)c2c1OCC(=O)N2.CN1CCC(c2ccccc2)(c2cc(CCOCCC=O)ccc2O)CC1. The largest absolute Gasteiger partial charge is 0.508 e. The molecule has 0 atom stereocenters. The first-order valence-electron chi connectivity index (χ1n) is 18.9. The molecule has 2 aliphatic rings. The minimum Gasteiger partial charge on any atom is -0.508 e. The van der Waals surface area contributed by atoms with Crippen molar-refractivity contribution >= 4 is 17.9 Å². The number of likely N-dealkylation sites (tertiary alicyclic amines) is 1. The van der Waals surface area contributed by atoms with E-state index in [0.717, 1.165) is 93.8 Å². The molecular weight excluding hydrogens is 656 g/mol. The highest BCUT2D eigenvalue weighted by Crippen LogP contribution is 2.45. The van der Waals surface area contributed by atoms with Gasteiger partial charge in [-0.2, -0.15) is 0 Å². The monoisotopic (exact) mass is 716 g/mol. The number of fused-ring (bicyclic) bond motifs is 1. The van der Waals surface area contributed by atoms with Crippen LogP contribution in [0.25, 0.3) is 0 Å². The van der Waals surface area contributed by atoms with Gasteiger partial charge in [0, 0.05) is 37.0 Å². The third kappa shape index (κ3) is 11.5. The summed E-state index contributed by atoms with van der Waals surface area (Å²) in [4.78, 5) is 26.5. The molecular formula is C42H60N4O6. The molecule has 4 N–H and O–H groups in total. The summed E-state index contributed by atoms with van der Waals surface area (Å²) in [5.74, 6) is 1.54. The Morgan fingerprint density at radius 2 is 1.73 bits per heavy atom. The number of likely N-dealkylation sites (N-methyl/N-ethyl adjacent to an activating group) is 1. The summed E-state index contributed by atoms with van der Waals surface area (Å²) in [6, 6.07) is 20.0. The third-order valence-corrected chi connectivity index (χ3v) is 10.5. The second kappa shape index (κ2) is 20.9. The van der Waals surface area contributed by atoms with Crippen LogP contribution in [0.1, 0.15) is 68.2 Å². The molecule has 10 heteroatoms. The Balaban J connectivity index is 0.000000234. The minimum atomic E-state index is -0.237. The van der Waals surface area contributed by atoms with E-state index in [2.05, 4.69) is 78.7 Å². The van der Waals surface area contributed by atoms with Gasteiger partial charge >= 0.3 is 0 Å². The Morgan fingerprint density at radius 3 is 2.44 bits per heavy atom. The molecule has 0 saturated carbocycles. The van der Waals surface area contributed by atoms with Gasteiger partial charge < -0.3 is 44.9 Å². The number of rotatable bonds is 18. The number of aldehydes is 1. The highest BCUT2D eigenvalue weighted by Gasteiger charge is 2.39. The number of hydrogen-bond donors (Lipinski definition) is 4. The fourth-order valence-electron chi connectivity index (χ4n) is 7.12. The fourth-order valence-corrected chi connectivity index (χ4v) is 7.12. The molecule has 0 spiro atoms. The van der Waals surface area contributed by atoms with Gasteiger partial charge in [-0.25, -0.2) is 0 Å². The molecule has 3 aromatic rings. The van der Waals surface area contributed by atoms with E-state index in [1.165, 1.54) is 18.4 Å². The first-order chi connectivity index (χ1) is 25.2. The number of benzene rings is 3. The number of phenols is 2. The predicted octanol–water partition coefficient (Wildman–Crippen LogP) is 5.78. The Hall–Kier alpha value is -3.96. The van der Waals surface area contributed by atoms with Crippen molar-refractivity contribution < 1.29 is 29.3 Å². The molecule has 0 unspecified atom stereocenters. The van der Waals surface area contributed by atoms with Gasteiger partial charge in [0.05, 0.1) is 13.2 Å². The lowest BCUT2D eigenvalue weighted by Gasteiger charge is -2.42. The van der Waals surface area contributed by atoms with Crippen LogP contribution in [0.3, 0.4) is 0 Å². The zero-order valence-corrected chi connectivity index (χ0v) is 31.7. The van der Waals surface area contributed by atoms with Crippen molar-refractivity contribution in [2.75, 3.05) is 78.5 Å². The van der Waals surface area contributed by atoms with Crippen LogP contribution in [-0.2, 0) is 32.6 Å². The van der Waals surface area contributed by atoms with Gasteiger partial charge in [0.1, 0.15) is 23.5 Å². The number of amides is 1. The van der Waals surface area contributed by atoms with Crippen molar-refractivity contribution in [2.24, 2.45) is 5.92 Å². The molecule has 1 saturated heterocycles. The number of hydrogen-bond acceptors (Lipinski definition) is 9. The average Bonchev–Trinajstić information content (AvgIpc) is 3.16. The summed E-state index contributed by atoms with van der Waals surface area (Å²) in [6.45, 7) is 11.5. The number of piperidine rings is 1. The van der Waals surface area contributed by atoms with Crippen molar-refractivity contribution in [3.05, 3.63) is 82.9 Å². The standard InChI is InChI=1S/C23H29NO3.C19H31N3O3/c1-24-13-11-23(12-14-24,20-6-3-2-4-7-20)21-18-19(8-9-22(21)26)10-17-27-16-5-15-25;1-4-14(5-2)12-22(3)11-10-20-9-8-15-6-7-16(23)18-19(15)25-13-17(24)21-18/h2-4,6-9,15,18,26H,5,10-14,16-17H2,1H3;6-7,14,20,23H,4-5,8-13H2,1-3H3,(H,21,24). The number of aromatic hydroxyl groups is 2. The molecule has 1 fully saturated rings. The van der Waals surface area contributed by atoms with Gasteiger partial charge in [-0.1, -0.05) is 75.2 Å². The normalized spacial score (nSPS) is 15.4. The summed E-state index contributed by atoms with van der Waals surface area (Å²) < 4.78 is 11.0. The van der Waals surface area contributed by atoms with Crippen LogP contribution in [0.5, 0.6) is 17.2 Å². The lowest BCUT2D eigenvalue weighted by Crippen LogP contribution is -2.41. The molecule has 2 heterocycles. The number of ether oxygens (including phenoxy) is 2. The number of anilines is 1. The molecule has 5 rings (SSSR count). The molecule has 3 aromatic carbocycles. The van der Waals surface area contributed by atoms with E-state index >= 15 is 0 Å². The molecule has 284 valence electrons. The zero-order chi connectivity index (χ0) is 37.3. The van der Waals surface area contributed by atoms with Gasteiger partial charge in [-0.15, -0.1) is 0 Å². The third-order valence-electron chi connectivity index (χ3n) is 10.5. The summed E-state index contributed by atoms with van der Waals surface area (Å²) in [7, 11) is 4.33. The summed E-state index contributed by atoms with van der Waals surface area (Å²) in [5, 5.41) is 26.7. The van der Waals surface area contributed by atoms with E-state index < -0.39 is 0 Å². The number of carbonyl (C=O) groups excluding carboxylic acids is 2. The fraction of sp³-hybridized carbons (Fsp3) is 0.524. The Kier molecular flexibility index (Phi) is 16.4. The number of carbonyl (C=O) groups is 2. The van der Waals surface area contributed by atoms with E-state index in [0.29, 0.717) is 36.8 Å². The first kappa shape index (κ1) is 40.8. The van der Waals surface area contributed by atoms with E-state index in [-0.39, 0.29) is 23.7 Å². The highest BCUT2D eigenvalue weighted by atomic mass is 16.5. The number of nitrogens with zero attached hydrogens (tertiary/aromatic N) is 2. The van der Waals surface area contributed by atoms with Crippen molar-refractivity contribution in [1.82, 2.24) is 15.1 Å². The topological polar surface area (TPSA) is 124 Å². The van der Waals surface area contributed by atoms with E-state index in [1.807, 2.05) is 24.3 Å². The van der Waals surface area contributed by atoms with Crippen LogP contribution in [0.4, 0.5) is 5.69 Å².